The van der Waals surface area contributed by atoms with Gasteiger partial charge in [0.1, 0.15) is 6.61 Å². The van der Waals surface area contributed by atoms with Crippen LogP contribution in [0.15, 0.2) is 97.1 Å². The molecule has 0 saturated carbocycles. The number of nitrogens with one attached hydrogen (secondary N) is 1. The molecule has 7 rings (SSSR count). The number of aryl methyl sites for hydroxylation is 1. The maximum Gasteiger partial charge on any atom is 0.408 e. The second-order valence-corrected chi connectivity index (χ2v) is 10.3. The van der Waals surface area contributed by atoms with Gasteiger partial charge in [-0.25, -0.2) is 9.59 Å². The molecule has 0 spiro atoms. The second-order valence-electron chi connectivity index (χ2n) is 10.3. The van der Waals surface area contributed by atoms with Gasteiger partial charge in [0.05, 0.1) is 11.1 Å². The molecule has 0 saturated heterocycles. The van der Waals surface area contributed by atoms with E-state index >= 15 is 0 Å². The molecule has 0 bridgehead atoms. The third-order valence-electron chi connectivity index (χ3n) is 8.19. The molecule has 8 nitrogen and oxygen atoms in total. The molecule has 202 valence electrons. The van der Waals surface area contributed by atoms with Gasteiger partial charge in [-0.3, -0.25) is 9.59 Å². The van der Waals surface area contributed by atoms with Gasteiger partial charge >= 0.3 is 12.1 Å². The lowest BCUT2D eigenvalue weighted by atomic mass is 9.92. The Morgan fingerprint density at radius 2 is 1.29 bits per heavy atom. The maximum absolute atomic E-state index is 13.8. The predicted octanol–water partition coefficient (Wildman–Crippen LogP) is 5.12. The van der Waals surface area contributed by atoms with E-state index in [1.165, 1.54) is 12.1 Å². The Morgan fingerprint density at radius 3 is 1.93 bits per heavy atom. The first kappa shape index (κ1) is 24.8. The maximum atomic E-state index is 13.8. The number of amides is 3. The molecular formula is C33H24N2O6. The first-order valence-electron chi connectivity index (χ1n) is 13.4. The molecule has 41 heavy (non-hydrogen) atoms. The molecule has 2 aliphatic carbocycles. The third-order valence-corrected chi connectivity index (χ3v) is 8.19. The van der Waals surface area contributed by atoms with Crippen molar-refractivity contribution in [1.29, 1.82) is 0 Å². The van der Waals surface area contributed by atoms with Gasteiger partial charge in [0.2, 0.25) is 0 Å². The fourth-order valence-electron chi connectivity index (χ4n) is 6.22. The predicted molar refractivity (Wildman–Crippen MR) is 148 cm³/mol. The molecule has 0 aromatic heterocycles. The highest BCUT2D eigenvalue weighted by Gasteiger charge is 2.51. The van der Waals surface area contributed by atoms with Crippen LogP contribution in [0.4, 0.5) is 4.79 Å². The number of ether oxygens (including phenoxy) is 1. The van der Waals surface area contributed by atoms with Crippen LogP contribution in [0.2, 0.25) is 0 Å². The molecule has 8 heteroatoms. The van der Waals surface area contributed by atoms with Gasteiger partial charge in [-0.2, -0.15) is 0 Å². The summed E-state index contributed by atoms with van der Waals surface area (Å²) >= 11 is 0. The number of imide groups is 1. The van der Waals surface area contributed by atoms with E-state index < -0.39 is 29.4 Å². The fraction of sp³-hybridized carbons (Fsp3) is 0.152. The van der Waals surface area contributed by atoms with Crippen molar-refractivity contribution in [2.45, 2.75) is 24.3 Å². The minimum Gasteiger partial charge on any atom is -0.449 e. The molecule has 3 aliphatic rings. The van der Waals surface area contributed by atoms with Crippen LogP contribution in [0.1, 0.15) is 55.3 Å². The summed E-state index contributed by atoms with van der Waals surface area (Å²) in [7, 11) is 0. The quantitative estimate of drug-likeness (QED) is 0.350. The topological polar surface area (TPSA) is 102 Å². The van der Waals surface area contributed by atoms with Crippen molar-refractivity contribution in [3.8, 4) is 11.1 Å². The van der Waals surface area contributed by atoms with Gasteiger partial charge in [-0.1, -0.05) is 90.0 Å². The highest BCUT2D eigenvalue weighted by Crippen LogP contribution is 2.45. The highest BCUT2D eigenvalue weighted by atomic mass is 16.7. The molecular weight excluding hydrogens is 520 g/mol. The average Bonchev–Trinajstić information content (AvgIpc) is 3.62. The van der Waals surface area contributed by atoms with Crippen molar-refractivity contribution in [1.82, 2.24) is 10.4 Å². The molecule has 1 heterocycles. The monoisotopic (exact) mass is 544 g/mol. The number of hydrogen-bond acceptors (Lipinski definition) is 6. The Morgan fingerprint density at radius 1 is 0.756 bits per heavy atom. The Bertz CT molecular complexity index is 1680. The number of nitrogens with zero attached hydrogens (tertiary/aromatic N) is 1. The van der Waals surface area contributed by atoms with Crippen LogP contribution >= 0.6 is 0 Å². The molecule has 3 amide bonds. The van der Waals surface area contributed by atoms with E-state index in [-0.39, 0.29) is 30.1 Å². The molecule has 1 N–H and O–H groups in total. The van der Waals surface area contributed by atoms with E-state index in [0.29, 0.717) is 17.0 Å². The SMILES string of the molecule is O=C(NC1(C(=O)ON2C(=O)c3ccccc3C2=O)CCc2ccccc21)OCC1c2ccccc2-c2ccccc21. The normalized spacial score (nSPS) is 18.4. The molecule has 4 aromatic rings. The standard InChI is InChI=1S/C33H24N2O6/c36-29-25-14-6-7-15-26(25)30(37)35(29)41-31(38)33(18-17-20-9-1-8-16-28(20)33)34-32(39)40-19-27-23-12-4-2-10-21(23)22-11-3-5-13-24(22)27/h1-16,27H,17-19H2,(H,34,39). The van der Waals surface area contributed by atoms with Crippen LogP contribution in [0.3, 0.4) is 0 Å². The van der Waals surface area contributed by atoms with Gasteiger partial charge in [0.15, 0.2) is 5.54 Å². The number of carbonyl (C=O) groups excluding carboxylic acids is 4. The summed E-state index contributed by atoms with van der Waals surface area (Å²) in [6.45, 7) is 0.0606. The number of rotatable bonds is 5. The van der Waals surface area contributed by atoms with E-state index in [4.69, 9.17) is 9.57 Å². The van der Waals surface area contributed by atoms with Crippen LogP contribution in [0.25, 0.3) is 11.1 Å². The zero-order valence-electron chi connectivity index (χ0n) is 21.8. The Kier molecular flexibility index (Phi) is 5.71. The van der Waals surface area contributed by atoms with E-state index in [9.17, 15) is 19.2 Å². The smallest absolute Gasteiger partial charge is 0.408 e. The lowest BCUT2D eigenvalue weighted by Crippen LogP contribution is -2.53. The summed E-state index contributed by atoms with van der Waals surface area (Å²) in [5.74, 6) is -2.57. The number of fused-ring (bicyclic) bond motifs is 5. The summed E-state index contributed by atoms with van der Waals surface area (Å²) in [4.78, 5) is 58.4. The average molecular weight is 545 g/mol. The lowest BCUT2D eigenvalue weighted by molar-refractivity contribution is -0.177. The van der Waals surface area contributed by atoms with E-state index in [2.05, 4.69) is 5.32 Å². The molecule has 1 unspecified atom stereocenters. The van der Waals surface area contributed by atoms with E-state index in [1.807, 2.05) is 60.7 Å². The van der Waals surface area contributed by atoms with Crippen LogP contribution < -0.4 is 5.32 Å². The fourth-order valence-corrected chi connectivity index (χ4v) is 6.22. The lowest BCUT2D eigenvalue weighted by Gasteiger charge is -2.30. The van der Waals surface area contributed by atoms with Crippen molar-refractivity contribution in [3.05, 3.63) is 130 Å². The summed E-state index contributed by atoms with van der Waals surface area (Å²) < 4.78 is 5.75. The van der Waals surface area contributed by atoms with Crippen molar-refractivity contribution in [2.24, 2.45) is 0 Å². The van der Waals surface area contributed by atoms with Crippen LogP contribution in [-0.2, 0) is 26.3 Å². The third kappa shape index (κ3) is 3.82. The minimum atomic E-state index is -1.64. The highest BCUT2D eigenvalue weighted by molar-refractivity contribution is 6.21. The molecule has 1 aliphatic heterocycles. The molecule has 4 aromatic carbocycles. The number of carbonyl (C=O) groups is 4. The number of hydrogen-bond donors (Lipinski definition) is 1. The molecule has 0 radical (unpaired) electrons. The molecule has 1 atom stereocenters. The van der Waals surface area contributed by atoms with Crippen LogP contribution in [0, 0.1) is 0 Å². The van der Waals surface area contributed by atoms with Gasteiger partial charge in [-0.15, -0.1) is 0 Å². The van der Waals surface area contributed by atoms with Crippen molar-refractivity contribution >= 4 is 23.9 Å². The van der Waals surface area contributed by atoms with Gasteiger partial charge in [-0.05, 0) is 58.4 Å². The zero-order chi connectivity index (χ0) is 28.1. The van der Waals surface area contributed by atoms with E-state index in [0.717, 1.165) is 27.8 Å². The van der Waals surface area contributed by atoms with Gasteiger partial charge in [0.25, 0.3) is 11.8 Å². The number of alkyl carbamates (subject to hydrolysis) is 1. The zero-order valence-corrected chi connectivity index (χ0v) is 21.8. The first-order chi connectivity index (χ1) is 20.0. The van der Waals surface area contributed by atoms with Crippen LogP contribution in [0.5, 0.6) is 0 Å². The molecule has 0 fully saturated rings. The minimum absolute atomic E-state index is 0.0606. The summed E-state index contributed by atoms with van der Waals surface area (Å²) in [5.41, 5.74) is 4.37. The van der Waals surface area contributed by atoms with Gasteiger partial charge < -0.3 is 14.9 Å². The number of hydroxylamine groups is 2. The van der Waals surface area contributed by atoms with Crippen molar-refractivity contribution < 1.29 is 28.8 Å². The Hall–Kier alpha value is -5.24. The van der Waals surface area contributed by atoms with Crippen molar-refractivity contribution in [3.63, 3.8) is 0 Å². The largest absolute Gasteiger partial charge is 0.449 e. The van der Waals surface area contributed by atoms with E-state index in [1.54, 1.807) is 24.3 Å². The Labute approximate surface area is 235 Å². The van der Waals surface area contributed by atoms with Crippen molar-refractivity contribution in [2.75, 3.05) is 6.61 Å². The second kappa shape index (κ2) is 9.45. The van der Waals surface area contributed by atoms with Gasteiger partial charge in [0, 0.05) is 5.92 Å². The summed E-state index contributed by atoms with van der Waals surface area (Å²) in [6, 6.07) is 29.5. The van der Waals surface area contributed by atoms with Crippen LogP contribution in [-0.4, -0.2) is 35.5 Å². The summed E-state index contributed by atoms with van der Waals surface area (Å²) in [6.07, 6.45) is -0.141. The number of benzene rings is 4. The Balaban J connectivity index is 1.14. The first-order valence-corrected chi connectivity index (χ1v) is 13.4. The summed E-state index contributed by atoms with van der Waals surface area (Å²) in [5, 5.41) is 3.23.